The maximum Gasteiger partial charge on any atom is 0.307 e. The number of carboxylic acids is 2. The van der Waals surface area contributed by atoms with Crippen LogP contribution >= 0.6 is 15.9 Å². The molecule has 0 unspecified atom stereocenters. The fourth-order valence-corrected chi connectivity index (χ4v) is 3.14. The lowest BCUT2D eigenvalue weighted by molar-refractivity contribution is -0.137. The van der Waals surface area contributed by atoms with E-state index in [9.17, 15) is 19.8 Å². The summed E-state index contributed by atoms with van der Waals surface area (Å²) in [7, 11) is 0. The number of hydrogen-bond acceptors (Lipinski definition) is 3. The maximum absolute atomic E-state index is 11.4. The first kappa shape index (κ1) is 16.3. The van der Waals surface area contributed by atoms with Gasteiger partial charge in [0.15, 0.2) is 0 Å². The second kappa shape index (κ2) is 6.49. The van der Waals surface area contributed by atoms with Gasteiger partial charge in [-0.25, -0.2) is 0 Å². The van der Waals surface area contributed by atoms with Gasteiger partial charge < -0.3 is 14.9 Å². The van der Waals surface area contributed by atoms with Crippen LogP contribution in [-0.2, 0) is 9.59 Å². The average Bonchev–Trinajstić information content (AvgIpc) is 2.63. The highest BCUT2D eigenvalue weighted by Gasteiger charge is 2.25. The minimum absolute atomic E-state index is 0.283. The van der Waals surface area contributed by atoms with E-state index in [4.69, 9.17) is 4.74 Å². The van der Waals surface area contributed by atoms with Crippen LogP contribution in [0.4, 0.5) is 0 Å². The summed E-state index contributed by atoms with van der Waals surface area (Å²) in [6.07, 6.45) is -0.571. The molecule has 0 saturated carbocycles. The van der Waals surface area contributed by atoms with Crippen LogP contribution in [0.25, 0.3) is 11.1 Å². The summed E-state index contributed by atoms with van der Waals surface area (Å²) in [5, 5.41) is 18.6. The number of para-hydroxylation sites is 1. The molecule has 0 atom stereocenters. The average molecular weight is 389 g/mol. The molecule has 1 heterocycles. The van der Waals surface area contributed by atoms with E-state index in [0.717, 1.165) is 4.47 Å². The van der Waals surface area contributed by atoms with Crippen molar-refractivity contribution >= 4 is 39.0 Å². The Hall–Kier alpha value is -2.60. The van der Waals surface area contributed by atoms with E-state index in [2.05, 4.69) is 15.9 Å². The molecule has 0 amide bonds. The van der Waals surface area contributed by atoms with Crippen LogP contribution in [0.2, 0.25) is 0 Å². The van der Waals surface area contributed by atoms with E-state index in [1.165, 1.54) is 0 Å². The van der Waals surface area contributed by atoms with Gasteiger partial charge in [-0.05, 0) is 35.4 Å². The Kier molecular flexibility index (Phi) is 4.40. The molecule has 122 valence electrons. The van der Waals surface area contributed by atoms with Crippen LogP contribution in [-0.4, -0.2) is 22.2 Å². The van der Waals surface area contributed by atoms with E-state index in [0.29, 0.717) is 33.8 Å². The maximum atomic E-state index is 11.4. The van der Waals surface area contributed by atoms with Crippen molar-refractivity contribution in [1.82, 2.24) is 0 Å². The number of ether oxygens (including phenoxy) is 1. The Balaban J connectivity index is 2.34. The third-order valence-electron chi connectivity index (χ3n) is 3.72. The first-order chi connectivity index (χ1) is 11.5. The number of benzene rings is 2. The predicted octanol–water partition coefficient (Wildman–Crippen LogP) is 4.42. The number of fused-ring (bicyclic) bond motifs is 2. The molecular formula is C18H13BrO5. The molecule has 0 aliphatic carbocycles. The molecule has 5 nitrogen and oxygen atoms in total. The van der Waals surface area contributed by atoms with Gasteiger partial charge in [0, 0.05) is 15.6 Å². The zero-order valence-corrected chi connectivity index (χ0v) is 14.0. The predicted molar refractivity (Wildman–Crippen MR) is 92.0 cm³/mol. The van der Waals surface area contributed by atoms with Gasteiger partial charge >= 0.3 is 11.9 Å². The molecule has 0 radical (unpaired) electrons. The molecule has 1 aliphatic rings. The topological polar surface area (TPSA) is 83.8 Å². The molecule has 2 aromatic rings. The van der Waals surface area contributed by atoms with E-state index in [-0.39, 0.29) is 12.8 Å². The molecule has 6 heteroatoms. The zero-order chi connectivity index (χ0) is 17.3. The van der Waals surface area contributed by atoms with Gasteiger partial charge in [-0.3, -0.25) is 9.59 Å². The van der Waals surface area contributed by atoms with E-state index in [1.807, 2.05) is 0 Å². The van der Waals surface area contributed by atoms with E-state index < -0.39 is 11.9 Å². The summed E-state index contributed by atoms with van der Waals surface area (Å²) < 4.78 is 6.69. The number of rotatable bonds is 4. The van der Waals surface area contributed by atoms with Crippen molar-refractivity contribution in [3.05, 3.63) is 58.1 Å². The van der Waals surface area contributed by atoms with Crippen molar-refractivity contribution in [2.45, 2.75) is 12.8 Å². The lowest BCUT2D eigenvalue weighted by atomic mass is 9.90. The molecule has 0 aromatic heterocycles. The van der Waals surface area contributed by atoms with Gasteiger partial charge in [0.05, 0.1) is 12.8 Å². The minimum atomic E-state index is -1.03. The van der Waals surface area contributed by atoms with Crippen LogP contribution < -0.4 is 4.74 Å². The van der Waals surface area contributed by atoms with Crippen molar-refractivity contribution in [2.24, 2.45) is 0 Å². The molecule has 0 bridgehead atoms. The standard InChI is InChI=1S/C18H13BrO5/c19-10-5-6-16-14(7-10)13(9-18(22)23)12(8-17(20)21)11-3-1-2-4-15(11)24-16/h1-7H,8-9H2,(H,20,21)(H,22,23). The highest BCUT2D eigenvalue weighted by molar-refractivity contribution is 9.10. The van der Waals surface area contributed by atoms with Gasteiger partial charge in [0.1, 0.15) is 11.5 Å². The highest BCUT2D eigenvalue weighted by atomic mass is 79.9. The summed E-state index contributed by atoms with van der Waals surface area (Å²) >= 11 is 3.37. The molecule has 0 fully saturated rings. The molecule has 2 N–H and O–H groups in total. The smallest absolute Gasteiger partial charge is 0.307 e. The lowest BCUT2D eigenvalue weighted by Crippen LogP contribution is -2.03. The molecule has 0 saturated heterocycles. The second-order valence-electron chi connectivity index (χ2n) is 5.34. The van der Waals surface area contributed by atoms with Crippen LogP contribution in [0.3, 0.4) is 0 Å². The lowest BCUT2D eigenvalue weighted by Gasteiger charge is -2.12. The van der Waals surface area contributed by atoms with Crippen molar-refractivity contribution in [3.8, 4) is 11.5 Å². The first-order valence-electron chi connectivity index (χ1n) is 7.18. The summed E-state index contributed by atoms with van der Waals surface area (Å²) in [6, 6.07) is 12.3. The highest BCUT2D eigenvalue weighted by Crippen LogP contribution is 2.45. The first-order valence-corrected chi connectivity index (χ1v) is 7.98. The fourth-order valence-electron chi connectivity index (χ4n) is 2.78. The summed E-state index contributed by atoms with van der Waals surface area (Å²) in [5.41, 5.74) is 2.09. The molecule has 0 spiro atoms. The van der Waals surface area contributed by atoms with Crippen LogP contribution in [0.1, 0.15) is 24.0 Å². The SMILES string of the molecule is O=C(O)CC1=C(CC(=O)O)c2cc(Br)ccc2Oc2ccccc21. The van der Waals surface area contributed by atoms with E-state index in [1.54, 1.807) is 42.5 Å². The third-order valence-corrected chi connectivity index (χ3v) is 4.21. The molecule has 1 aliphatic heterocycles. The summed E-state index contributed by atoms with van der Waals surface area (Å²) in [6.45, 7) is 0. The van der Waals surface area contributed by atoms with Crippen molar-refractivity contribution in [1.29, 1.82) is 0 Å². The quantitative estimate of drug-likeness (QED) is 0.809. The summed E-state index contributed by atoms with van der Waals surface area (Å²) in [4.78, 5) is 22.8. The molecular weight excluding hydrogens is 376 g/mol. The number of carboxylic acid groups (broad SMARTS) is 2. The van der Waals surface area contributed by atoms with Gasteiger partial charge in [-0.15, -0.1) is 0 Å². The molecule has 3 rings (SSSR count). The Morgan fingerprint density at radius 2 is 1.46 bits per heavy atom. The normalized spacial score (nSPS) is 12.7. The third kappa shape index (κ3) is 3.19. The largest absolute Gasteiger partial charge is 0.481 e. The number of carbonyl (C=O) groups is 2. The van der Waals surface area contributed by atoms with Crippen molar-refractivity contribution in [3.63, 3.8) is 0 Å². The van der Waals surface area contributed by atoms with Gasteiger partial charge in [-0.1, -0.05) is 34.1 Å². The van der Waals surface area contributed by atoms with Gasteiger partial charge in [-0.2, -0.15) is 0 Å². The fraction of sp³-hybridized carbons (Fsp3) is 0.111. The molecule has 2 aromatic carbocycles. The Labute approximate surface area is 146 Å². The van der Waals surface area contributed by atoms with Crippen molar-refractivity contribution < 1.29 is 24.5 Å². The summed E-state index contributed by atoms with van der Waals surface area (Å²) in [5.74, 6) is -1.04. The van der Waals surface area contributed by atoms with Crippen LogP contribution in [0.15, 0.2) is 46.9 Å². The van der Waals surface area contributed by atoms with Crippen LogP contribution in [0, 0.1) is 0 Å². The van der Waals surface area contributed by atoms with Crippen LogP contribution in [0.5, 0.6) is 11.5 Å². The van der Waals surface area contributed by atoms with Crippen molar-refractivity contribution in [2.75, 3.05) is 0 Å². The number of aliphatic carboxylic acids is 2. The van der Waals surface area contributed by atoms with Gasteiger partial charge in [0.2, 0.25) is 0 Å². The monoisotopic (exact) mass is 388 g/mol. The number of hydrogen-bond donors (Lipinski definition) is 2. The number of halogens is 1. The Morgan fingerprint density at radius 3 is 2.12 bits per heavy atom. The second-order valence-corrected chi connectivity index (χ2v) is 6.25. The molecule has 24 heavy (non-hydrogen) atoms. The minimum Gasteiger partial charge on any atom is -0.481 e. The van der Waals surface area contributed by atoms with E-state index >= 15 is 0 Å². The Morgan fingerprint density at radius 1 is 0.875 bits per heavy atom. The van der Waals surface area contributed by atoms with Gasteiger partial charge in [0.25, 0.3) is 0 Å². The zero-order valence-electron chi connectivity index (χ0n) is 12.5. The Bertz CT molecular complexity index is 869.